The second-order valence-electron chi connectivity index (χ2n) is 4.45. The average molecular weight is 194 g/mol. The summed E-state index contributed by atoms with van der Waals surface area (Å²) in [6, 6.07) is 2.99. The van der Waals surface area contributed by atoms with Gasteiger partial charge in [0, 0.05) is 19.0 Å². The fourth-order valence-corrected chi connectivity index (χ4v) is 2.40. The monoisotopic (exact) mass is 194 g/mol. The van der Waals surface area contributed by atoms with Gasteiger partial charge in [-0.05, 0) is 38.1 Å². The third-order valence-corrected chi connectivity index (χ3v) is 3.42. The van der Waals surface area contributed by atoms with Crippen LogP contribution < -0.4 is 0 Å². The molecule has 1 fully saturated rings. The molecule has 0 heterocycles. The van der Waals surface area contributed by atoms with Gasteiger partial charge < -0.3 is 0 Å². The maximum Gasteiger partial charge on any atom is 0.0635 e. The highest BCUT2D eigenvalue weighted by Crippen LogP contribution is 2.26. The molecule has 0 radical (unpaired) electrons. The topological polar surface area (TPSA) is 27.0 Å². The molecule has 1 rings (SSSR count). The van der Waals surface area contributed by atoms with E-state index in [-0.39, 0.29) is 0 Å². The van der Waals surface area contributed by atoms with Crippen molar-refractivity contribution in [3.05, 3.63) is 0 Å². The van der Waals surface area contributed by atoms with Crippen molar-refractivity contribution >= 4 is 0 Å². The van der Waals surface area contributed by atoms with Crippen LogP contribution in [0.15, 0.2) is 0 Å². The van der Waals surface area contributed by atoms with Crippen molar-refractivity contribution in [1.82, 2.24) is 4.90 Å². The molecular formula is C12H22N2. The minimum Gasteiger partial charge on any atom is -0.300 e. The molecule has 1 saturated carbocycles. The SMILES string of the molecule is CCN(CCC#N)C1CCC(C)CC1. The number of hydrogen-bond donors (Lipinski definition) is 0. The molecule has 14 heavy (non-hydrogen) atoms. The lowest BCUT2D eigenvalue weighted by atomic mass is 9.86. The molecule has 2 heteroatoms. The quantitative estimate of drug-likeness (QED) is 0.688. The highest BCUT2D eigenvalue weighted by molar-refractivity contribution is 4.80. The second-order valence-corrected chi connectivity index (χ2v) is 4.45. The van der Waals surface area contributed by atoms with Crippen LogP contribution in [0.3, 0.4) is 0 Å². The Balaban J connectivity index is 2.33. The van der Waals surface area contributed by atoms with E-state index in [0.29, 0.717) is 6.42 Å². The summed E-state index contributed by atoms with van der Waals surface area (Å²) in [4.78, 5) is 2.48. The summed E-state index contributed by atoms with van der Waals surface area (Å²) >= 11 is 0. The Morgan fingerprint density at radius 2 is 1.93 bits per heavy atom. The van der Waals surface area contributed by atoms with E-state index in [1.807, 2.05) is 0 Å². The van der Waals surface area contributed by atoms with Gasteiger partial charge in [-0.2, -0.15) is 5.26 Å². The fourth-order valence-electron chi connectivity index (χ4n) is 2.40. The Hall–Kier alpha value is -0.550. The van der Waals surface area contributed by atoms with Gasteiger partial charge in [-0.3, -0.25) is 4.90 Å². The fraction of sp³-hybridized carbons (Fsp3) is 0.917. The van der Waals surface area contributed by atoms with Gasteiger partial charge in [-0.15, -0.1) is 0 Å². The van der Waals surface area contributed by atoms with Gasteiger partial charge in [-0.25, -0.2) is 0 Å². The van der Waals surface area contributed by atoms with Gasteiger partial charge in [0.25, 0.3) is 0 Å². The molecular weight excluding hydrogens is 172 g/mol. The van der Waals surface area contributed by atoms with E-state index >= 15 is 0 Å². The highest BCUT2D eigenvalue weighted by atomic mass is 15.1. The Bertz CT molecular complexity index is 187. The first-order chi connectivity index (χ1) is 6.77. The van der Waals surface area contributed by atoms with E-state index in [4.69, 9.17) is 5.26 Å². The van der Waals surface area contributed by atoms with E-state index in [2.05, 4.69) is 24.8 Å². The summed E-state index contributed by atoms with van der Waals surface area (Å²) in [5, 5.41) is 8.57. The van der Waals surface area contributed by atoms with Crippen LogP contribution in [0.4, 0.5) is 0 Å². The summed E-state index contributed by atoms with van der Waals surface area (Å²) < 4.78 is 0. The molecule has 0 spiro atoms. The van der Waals surface area contributed by atoms with Crippen LogP contribution in [-0.2, 0) is 0 Å². The Morgan fingerprint density at radius 1 is 1.29 bits per heavy atom. The number of nitriles is 1. The zero-order valence-corrected chi connectivity index (χ0v) is 9.50. The van der Waals surface area contributed by atoms with Crippen LogP contribution >= 0.6 is 0 Å². The number of hydrogen-bond acceptors (Lipinski definition) is 2. The molecule has 0 aromatic heterocycles. The molecule has 0 amide bonds. The minimum absolute atomic E-state index is 0.680. The number of rotatable bonds is 4. The molecule has 0 saturated heterocycles. The third kappa shape index (κ3) is 3.31. The van der Waals surface area contributed by atoms with E-state index in [0.717, 1.165) is 25.0 Å². The van der Waals surface area contributed by atoms with Crippen LogP contribution in [-0.4, -0.2) is 24.0 Å². The molecule has 1 aliphatic carbocycles. The van der Waals surface area contributed by atoms with Crippen molar-refractivity contribution in [1.29, 1.82) is 5.26 Å². The molecule has 0 atom stereocenters. The Kier molecular flexibility index (Phi) is 4.97. The van der Waals surface area contributed by atoms with Gasteiger partial charge in [0.05, 0.1) is 6.07 Å². The van der Waals surface area contributed by atoms with E-state index in [1.54, 1.807) is 0 Å². The molecule has 0 N–H and O–H groups in total. The molecule has 0 aromatic carbocycles. The van der Waals surface area contributed by atoms with Crippen LogP contribution in [0.25, 0.3) is 0 Å². The first-order valence-electron chi connectivity index (χ1n) is 5.89. The van der Waals surface area contributed by atoms with Gasteiger partial charge in [0.2, 0.25) is 0 Å². The first kappa shape index (κ1) is 11.5. The molecule has 2 nitrogen and oxygen atoms in total. The third-order valence-electron chi connectivity index (χ3n) is 3.42. The maximum absolute atomic E-state index is 8.57. The summed E-state index contributed by atoms with van der Waals surface area (Å²) in [6.07, 6.45) is 6.09. The van der Waals surface area contributed by atoms with E-state index < -0.39 is 0 Å². The lowest BCUT2D eigenvalue weighted by molar-refractivity contribution is 0.149. The summed E-state index contributed by atoms with van der Waals surface area (Å²) in [5.41, 5.74) is 0. The van der Waals surface area contributed by atoms with E-state index in [1.165, 1.54) is 25.7 Å². The standard InChI is InChI=1S/C12H22N2/c1-3-14(10-4-9-13)12-7-5-11(2)6-8-12/h11-12H,3-8,10H2,1-2H3. The Labute approximate surface area is 87.9 Å². The largest absolute Gasteiger partial charge is 0.300 e. The van der Waals surface area contributed by atoms with Crippen LogP contribution in [0.1, 0.15) is 46.0 Å². The number of nitrogens with zero attached hydrogens (tertiary/aromatic N) is 2. The lowest BCUT2D eigenvalue weighted by Gasteiger charge is -2.35. The van der Waals surface area contributed by atoms with Crippen molar-refractivity contribution < 1.29 is 0 Å². The van der Waals surface area contributed by atoms with Gasteiger partial charge in [0.15, 0.2) is 0 Å². The average Bonchev–Trinajstić information content (AvgIpc) is 2.21. The van der Waals surface area contributed by atoms with Crippen molar-refractivity contribution in [2.75, 3.05) is 13.1 Å². The molecule has 0 aromatic rings. The highest BCUT2D eigenvalue weighted by Gasteiger charge is 2.22. The summed E-state index contributed by atoms with van der Waals surface area (Å²) in [7, 11) is 0. The van der Waals surface area contributed by atoms with Crippen LogP contribution in [0, 0.1) is 17.2 Å². The molecule has 80 valence electrons. The van der Waals surface area contributed by atoms with Crippen molar-refractivity contribution in [2.24, 2.45) is 5.92 Å². The Morgan fingerprint density at radius 3 is 2.43 bits per heavy atom. The van der Waals surface area contributed by atoms with Gasteiger partial charge in [-0.1, -0.05) is 13.8 Å². The van der Waals surface area contributed by atoms with E-state index in [9.17, 15) is 0 Å². The van der Waals surface area contributed by atoms with Gasteiger partial charge in [0.1, 0.15) is 0 Å². The first-order valence-corrected chi connectivity index (χ1v) is 5.89. The molecule has 0 aliphatic heterocycles. The molecule has 0 unspecified atom stereocenters. The van der Waals surface area contributed by atoms with Crippen LogP contribution in [0.5, 0.6) is 0 Å². The van der Waals surface area contributed by atoms with Crippen LogP contribution in [0.2, 0.25) is 0 Å². The molecule has 0 bridgehead atoms. The smallest absolute Gasteiger partial charge is 0.0635 e. The zero-order valence-electron chi connectivity index (χ0n) is 9.50. The lowest BCUT2D eigenvalue weighted by Crippen LogP contribution is -2.38. The van der Waals surface area contributed by atoms with Crippen molar-refractivity contribution in [3.8, 4) is 6.07 Å². The van der Waals surface area contributed by atoms with Crippen molar-refractivity contribution in [3.63, 3.8) is 0 Å². The summed E-state index contributed by atoms with van der Waals surface area (Å²) in [6.45, 7) is 6.62. The van der Waals surface area contributed by atoms with Gasteiger partial charge >= 0.3 is 0 Å². The normalized spacial score (nSPS) is 27.6. The predicted molar refractivity (Wildman–Crippen MR) is 58.9 cm³/mol. The summed E-state index contributed by atoms with van der Waals surface area (Å²) in [5.74, 6) is 0.918. The second kappa shape index (κ2) is 6.03. The zero-order chi connectivity index (χ0) is 10.4. The predicted octanol–water partition coefficient (Wildman–Crippen LogP) is 2.80. The van der Waals surface area contributed by atoms with Crippen molar-refractivity contribution in [2.45, 2.75) is 52.0 Å². The maximum atomic E-state index is 8.57. The molecule has 1 aliphatic rings. The minimum atomic E-state index is 0.680.